The Kier molecular flexibility index (Phi) is 6.45. The van der Waals surface area contributed by atoms with Gasteiger partial charge in [0.15, 0.2) is 0 Å². The molecular formula is C14H21N3OS. The number of rotatable bonds is 7. The molecule has 0 atom stereocenters. The van der Waals surface area contributed by atoms with Crippen LogP contribution in [0.15, 0.2) is 24.3 Å². The third-order valence-electron chi connectivity index (χ3n) is 3.04. The molecule has 1 aromatic rings. The number of carbonyl (C=O) groups excluding carboxylic acids is 1. The van der Waals surface area contributed by atoms with E-state index in [1.54, 1.807) is 24.3 Å². The zero-order valence-electron chi connectivity index (χ0n) is 11.5. The van der Waals surface area contributed by atoms with E-state index in [2.05, 4.69) is 24.1 Å². The van der Waals surface area contributed by atoms with Gasteiger partial charge in [-0.15, -0.1) is 0 Å². The smallest absolute Gasteiger partial charge is 0.251 e. The van der Waals surface area contributed by atoms with Crippen molar-refractivity contribution in [2.45, 2.75) is 13.8 Å². The van der Waals surface area contributed by atoms with E-state index in [1.807, 2.05) is 0 Å². The summed E-state index contributed by atoms with van der Waals surface area (Å²) in [5.41, 5.74) is 6.91. The number of benzene rings is 1. The van der Waals surface area contributed by atoms with Crippen molar-refractivity contribution in [3.8, 4) is 0 Å². The minimum atomic E-state index is -0.0679. The summed E-state index contributed by atoms with van der Waals surface area (Å²) in [4.78, 5) is 14.5. The maximum absolute atomic E-state index is 11.9. The number of likely N-dealkylation sites (N-methyl/N-ethyl adjacent to an activating group) is 1. The van der Waals surface area contributed by atoms with Crippen LogP contribution in [0.4, 0.5) is 0 Å². The molecule has 5 heteroatoms. The van der Waals surface area contributed by atoms with Gasteiger partial charge in [0.05, 0.1) is 0 Å². The Balaban J connectivity index is 2.47. The number of nitrogens with two attached hydrogens (primary N) is 1. The third kappa shape index (κ3) is 4.96. The van der Waals surface area contributed by atoms with Gasteiger partial charge in [0.2, 0.25) is 0 Å². The molecule has 0 aliphatic heterocycles. The molecule has 0 radical (unpaired) electrons. The lowest BCUT2D eigenvalue weighted by Crippen LogP contribution is -2.34. The van der Waals surface area contributed by atoms with Crippen LogP contribution in [0, 0.1) is 0 Å². The summed E-state index contributed by atoms with van der Waals surface area (Å²) >= 11 is 4.87. The molecule has 0 aliphatic rings. The second-order valence-corrected chi connectivity index (χ2v) is 4.66. The summed E-state index contributed by atoms with van der Waals surface area (Å²) in [6.45, 7) is 7.73. The van der Waals surface area contributed by atoms with Crippen molar-refractivity contribution in [1.29, 1.82) is 0 Å². The molecule has 0 unspecified atom stereocenters. The Morgan fingerprint density at radius 3 is 2.21 bits per heavy atom. The maximum Gasteiger partial charge on any atom is 0.251 e. The molecule has 0 saturated carbocycles. The lowest BCUT2D eigenvalue weighted by molar-refractivity contribution is 0.0949. The van der Waals surface area contributed by atoms with E-state index < -0.39 is 0 Å². The van der Waals surface area contributed by atoms with Gasteiger partial charge in [-0.25, -0.2) is 0 Å². The Bertz CT molecular complexity index is 427. The van der Waals surface area contributed by atoms with Crippen LogP contribution in [-0.2, 0) is 0 Å². The predicted molar refractivity (Wildman–Crippen MR) is 82.5 cm³/mol. The first-order chi connectivity index (χ1) is 9.08. The van der Waals surface area contributed by atoms with Gasteiger partial charge in [-0.05, 0) is 25.2 Å². The number of nitrogens with one attached hydrogen (secondary N) is 1. The van der Waals surface area contributed by atoms with E-state index in [4.69, 9.17) is 18.0 Å². The largest absolute Gasteiger partial charge is 0.389 e. The fourth-order valence-electron chi connectivity index (χ4n) is 1.76. The number of nitrogens with zero attached hydrogens (tertiary/aromatic N) is 1. The van der Waals surface area contributed by atoms with Crippen LogP contribution >= 0.6 is 12.2 Å². The minimum Gasteiger partial charge on any atom is -0.389 e. The van der Waals surface area contributed by atoms with Crippen molar-refractivity contribution in [3.05, 3.63) is 35.4 Å². The van der Waals surface area contributed by atoms with Gasteiger partial charge in [-0.2, -0.15) is 0 Å². The van der Waals surface area contributed by atoms with Crippen LogP contribution in [0.1, 0.15) is 29.8 Å². The quantitative estimate of drug-likeness (QED) is 0.741. The summed E-state index contributed by atoms with van der Waals surface area (Å²) in [7, 11) is 0. The molecule has 19 heavy (non-hydrogen) atoms. The Morgan fingerprint density at radius 1 is 1.21 bits per heavy atom. The summed E-state index contributed by atoms with van der Waals surface area (Å²) in [6.07, 6.45) is 0. The van der Waals surface area contributed by atoms with Gasteiger partial charge in [0.25, 0.3) is 5.91 Å². The molecule has 1 rings (SSSR count). The number of amides is 1. The topological polar surface area (TPSA) is 58.4 Å². The summed E-state index contributed by atoms with van der Waals surface area (Å²) < 4.78 is 0. The minimum absolute atomic E-state index is 0.0679. The highest BCUT2D eigenvalue weighted by Crippen LogP contribution is 2.04. The molecule has 104 valence electrons. The van der Waals surface area contributed by atoms with Gasteiger partial charge in [0, 0.05) is 24.2 Å². The lowest BCUT2D eigenvalue weighted by atomic mass is 10.1. The van der Waals surface area contributed by atoms with Gasteiger partial charge >= 0.3 is 0 Å². The molecule has 0 bridgehead atoms. The number of thiocarbonyl (C=S) groups is 1. The predicted octanol–water partition coefficient (Wildman–Crippen LogP) is 1.39. The SMILES string of the molecule is CCN(CC)CCNC(=O)c1ccc(C(N)=S)cc1. The first-order valence-corrected chi connectivity index (χ1v) is 6.89. The lowest BCUT2D eigenvalue weighted by Gasteiger charge is -2.17. The summed E-state index contributed by atoms with van der Waals surface area (Å²) in [5, 5.41) is 2.90. The van der Waals surface area contributed by atoms with E-state index in [9.17, 15) is 4.79 Å². The maximum atomic E-state index is 11.9. The van der Waals surface area contributed by atoms with Crippen LogP contribution in [0.3, 0.4) is 0 Å². The first kappa shape index (κ1) is 15.6. The summed E-state index contributed by atoms with van der Waals surface area (Å²) in [5.74, 6) is -0.0679. The third-order valence-corrected chi connectivity index (χ3v) is 3.28. The molecule has 1 aromatic carbocycles. The highest BCUT2D eigenvalue weighted by atomic mass is 32.1. The zero-order chi connectivity index (χ0) is 14.3. The van der Waals surface area contributed by atoms with Crippen molar-refractivity contribution < 1.29 is 4.79 Å². The molecule has 1 amide bonds. The van der Waals surface area contributed by atoms with Crippen LogP contribution in [0.25, 0.3) is 0 Å². The van der Waals surface area contributed by atoms with Crippen LogP contribution in [-0.4, -0.2) is 42.0 Å². The number of carbonyl (C=O) groups is 1. The number of hydrogen-bond acceptors (Lipinski definition) is 3. The van der Waals surface area contributed by atoms with Crippen molar-refractivity contribution in [2.24, 2.45) is 5.73 Å². The van der Waals surface area contributed by atoms with Crippen molar-refractivity contribution in [3.63, 3.8) is 0 Å². The first-order valence-electron chi connectivity index (χ1n) is 6.48. The molecular weight excluding hydrogens is 258 g/mol. The standard InChI is InChI=1S/C14H21N3OS/c1-3-17(4-2)10-9-16-14(18)12-7-5-11(6-8-12)13(15)19/h5-8H,3-4,9-10H2,1-2H3,(H2,15,19)(H,16,18). The number of hydrogen-bond donors (Lipinski definition) is 2. The molecule has 3 N–H and O–H groups in total. The van der Waals surface area contributed by atoms with Gasteiger partial charge in [-0.3, -0.25) is 4.79 Å². The van der Waals surface area contributed by atoms with Crippen molar-refractivity contribution >= 4 is 23.1 Å². The fraction of sp³-hybridized carbons (Fsp3) is 0.429. The zero-order valence-corrected chi connectivity index (χ0v) is 12.3. The van der Waals surface area contributed by atoms with Gasteiger partial charge in [0.1, 0.15) is 4.99 Å². The van der Waals surface area contributed by atoms with Crippen molar-refractivity contribution in [1.82, 2.24) is 10.2 Å². The van der Waals surface area contributed by atoms with E-state index >= 15 is 0 Å². The van der Waals surface area contributed by atoms with Gasteiger partial charge < -0.3 is 16.0 Å². The van der Waals surface area contributed by atoms with Crippen molar-refractivity contribution in [2.75, 3.05) is 26.2 Å². The molecule has 0 heterocycles. The molecule has 0 aliphatic carbocycles. The molecule has 0 saturated heterocycles. The molecule has 0 aromatic heterocycles. The van der Waals surface area contributed by atoms with E-state index in [1.165, 1.54) is 0 Å². The summed E-state index contributed by atoms with van der Waals surface area (Å²) in [6, 6.07) is 7.01. The molecule has 0 spiro atoms. The van der Waals surface area contributed by atoms with Crippen LogP contribution in [0.5, 0.6) is 0 Å². The highest BCUT2D eigenvalue weighted by molar-refractivity contribution is 7.80. The average Bonchev–Trinajstić information content (AvgIpc) is 2.43. The normalized spacial score (nSPS) is 10.5. The monoisotopic (exact) mass is 279 g/mol. The van der Waals surface area contributed by atoms with E-state index in [0.717, 1.165) is 25.2 Å². The second-order valence-electron chi connectivity index (χ2n) is 4.22. The molecule has 0 fully saturated rings. The second kappa shape index (κ2) is 7.86. The molecule has 4 nitrogen and oxygen atoms in total. The van der Waals surface area contributed by atoms with Crippen LogP contribution < -0.4 is 11.1 Å². The Hall–Kier alpha value is -1.46. The Labute approximate surface area is 120 Å². The van der Waals surface area contributed by atoms with E-state index in [0.29, 0.717) is 17.1 Å². The van der Waals surface area contributed by atoms with Gasteiger partial charge in [-0.1, -0.05) is 38.2 Å². The average molecular weight is 279 g/mol. The van der Waals surface area contributed by atoms with E-state index in [-0.39, 0.29) is 5.91 Å². The van der Waals surface area contributed by atoms with Crippen LogP contribution in [0.2, 0.25) is 0 Å². The fourth-order valence-corrected chi connectivity index (χ4v) is 1.89. The highest BCUT2D eigenvalue weighted by Gasteiger charge is 2.06. The Morgan fingerprint density at radius 2 is 1.74 bits per heavy atom.